The van der Waals surface area contributed by atoms with E-state index in [1.807, 2.05) is 34.0 Å². The van der Waals surface area contributed by atoms with Crippen LogP contribution in [0.3, 0.4) is 0 Å². The van der Waals surface area contributed by atoms with Gasteiger partial charge in [0.05, 0.1) is 75.8 Å². The maximum absolute atomic E-state index is 13.8. The highest BCUT2D eigenvalue weighted by Gasteiger charge is 2.46. The minimum absolute atomic E-state index is 0.0293. The third-order valence-electron chi connectivity index (χ3n) is 23.2. The van der Waals surface area contributed by atoms with Gasteiger partial charge in [0.15, 0.2) is 20.5 Å². The number of aromatic nitrogens is 8. The van der Waals surface area contributed by atoms with Crippen molar-refractivity contribution in [2.24, 2.45) is 23.7 Å². The van der Waals surface area contributed by atoms with Gasteiger partial charge in [0, 0.05) is 159 Å². The smallest absolute Gasteiger partial charge is 0.342 e. The van der Waals surface area contributed by atoms with Crippen LogP contribution in [0.4, 0.5) is 66.9 Å². The lowest BCUT2D eigenvalue weighted by molar-refractivity contribution is -0.139. The van der Waals surface area contributed by atoms with Crippen LogP contribution in [0.5, 0.6) is 0 Å². The molecule has 9 aliphatic rings. The van der Waals surface area contributed by atoms with E-state index in [0.717, 1.165) is 60.7 Å². The molecule has 4 amide bonds. The summed E-state index contributed by atoms with van der Waals surface area (Å²) < 4.78 is 226. The minimum atomic E-state index is -4.59. The Morgan fingerprint density at radius 3 is 0.886 bits per heavy atom. The summed E-state index contributed by atoms with van der Waals surface area (Å²) in [5, 5.41) is 4.47. The number of carbonyl (C=O) groups is 4. The Hall–Kier alpha value is -8.22. The summed E-state index contributed by atoms with van der Waals surface area (Å²) in [7, 11) is -12.3. The van der Waals surface area contributed by atoms with Crippen molar-refractivity contribution >= 4 is 143 Å². The van der Waals surface area contributed by atoms with Crippen molar-refractivity contribution < 1.29 is 96.8 Å². The molecule has 9 fully saturated rings. The molecule has 1 saturated carbocycles. The molecule has 8 aromatic heterocycles. The third-order valence-corrected chi connectivity index (χ3v) is 35.0. The number of nitrogens with zero attached hydrogens (tertiary/aromatic N) is 16. The number of hydrogen-bond donors (Lipinski definition) is 0. The number of hydrogen-bond acceptors (Lipinski definition) is 29. The molecule has 0 spiro atoms. The van der Waals surface area contributed by atoms with Gasteiger partial charge in [0.1, 0.15) is 39.3 Å². The number of sulfone groups is 4. The molecule has 8 saturated heterocycles. The van der Waals surface area contributed by atoms with Crippen LogP contribution in [-0.4, -0.2) is 242 Å². The number of rotatable bonds is 13. The van der Waals surface area contributed by atoms with E-state index in [0.29, 0.717) is 116 Å². The molecule has 16 heterocycles. The Labute approximate surface area is 722 Å². The maximum atomic E-state index is 13.8. The highest BCUT2D eigenvalue weighted by atomic mass is 32.2. The maximum Gasteiger partial charge on any atom is 0.445 e. The van der Waals surface area contributed by atoms with Gasteiger partial charge in [-0.25, -0.2) is 63.6 Å². The number of piperazine rings is 4. The number of carbonyl (C=O) groups excluding carboxylic acids is 4. The Morgan fingerprint density at radius 2 is 0.626 bits per heavy atom. The summed E-state index contributed by atoms with van der Waals surface area (Å²) in [5.74, 6) is 0.0151. The minimum Gasteiger partial charge on any atom is -0.342 e. The van der Waals surface area contributed by atoms with Gasteiger partial charge in [-0.15, -0.1) is 55.5 Å². The topological polar surface area (TPSA) is 334 Å². The molecular formula is C76H86F10N16O12S9. The second-order valence-electron chi connectivity index (χ2n) is 31.6. The Balaban J connectivity index is 0.000000134. The normalized spacial score (nSPS) is 23.0. The van der Waals surface area contributed by atoms with Gasteiger partial charge in [-0.05, 0) is 137 Å². The highest BCUT2D eigenvalue weighted by Crippen LogP contribution is 2.44. The Kier molecular flexibility index (Phi) is 27.9. The summed E-state index contributed by atoms with van der Waals surface area (Å²) in [6.45, 7) is 6.26. The van der Waals surface area contributed by atoms with Gasteiger partial charge < -0.3 is 39.2 Å². The summed E-state index contributed by atoms with van der Waals surface area (Å²) in [6.07, 6.45) is 4.34. The van der Waals surface area contributed by atoms with Gasteiger partial charge in [0.2, 0.25) is 51.6 Å². The summed E-state index contributed by atoms with van der Waals surface area (Å²) in [5.41, 5.74) is 1.17. The fraction of sp³-hybridized carbons (Fsp3) is 0.553. The molecule has 0 N–H and O–H groups in total. The molecule has 0 bridgehead atoms. The van der Waals surface area contributed by atoms with E-state index in [1.54, 1.807) is 61.2 Å². The van der Waals surface area contributed by atoms with E-state index < -0.39 is 96.5 Å². The lowest BCUT2D eigenvalue weighted by Crippen LogP contribution is -2.53. The monoisotopic (exact) mass is 1890 g/mol. The first-order valence-electron chi connectivity index (χ1n) is 39.7. The molecule has 17 rings (SSSR count). The zero-order chi connectivity index (χ0) is 87.7. The van der Waals surface area contributed by atoms with Crippen molar-refractivity contribution in [3.8, 4) is 0 Å². The molecule has 0 radical (unpaired) electrons. The molecule has 666 valence electrons. The van der Waals surface area contributed by atoms with E-state index >= 15 is 0 Å². The highest BCUT2D eigenvalue weighted by molar-refractivity contribution is 7.92. The van der Waals surface area contributed by atoms with Crippen LogP contribution in [0.2, 0.25) is 0 Å². The fourth-order valence-corrected chi connectivity index (χ4v) is 26.2. The second-order valence-corrected chi connectivity index (χ2v) is 46.0. The molecule has 1 aliphatic carbocycles. The van der Waals surface area contributed by atoms with Crippen LogP contribution in [0.15, 0.2) is 85.7 Å². The van der Waals surface area contributed by atoms with Crippen LogP contribution in [-0.2, 0) is 70.9 Å². The van der Waals surface area contributed by atoms with Gasteiger partial charge in [-0.1, -0.05) is 11.3 Å². The number of alkyl halides is 6. The standard InChI is InChI=1S/C21H25FN4O3S2.C19H20F4N4O3S2.C19H23FN4O3S2.C17H18F4N4O3S3/c22-19-4-3-18(30-19)17-13-25(21-23-11-16(12-24-21)14-1-2-14)7-8-26(17)20(27)15-5-9-31(28,29)10-6-15;20-16-2-1-15(31-16)14-11-26(18-24-9-13(10-25-18)19(21,22)23)5-6-27(14)17(28)12-3-7-32(29,30)8-4-12;1-13-10-21-19(22-11-13)23-6-7-24(15(12-23)16-2-3-17(20)28-16)18(25)14-4-8-29(26,27)9-5-14;18-13-2-1-12(29-13)11-9-24(16-23-22-15(30-16)17(19,20)21)5-6-25(11)14(26)10-3-7-31(27,28)8-4-10/h3-4,11-12,14-15,17H,1-2,5-10,13H2;1-2,9-10,12,14H,3-8,11H2;2-3,10-11,14-15H,4-9,12H2,1H3;1-2,10-11H,3-9H2. The largest absolute Gasteiger partial charge is 0.445 e. The van der Waals surface area contributed by atoms with Crippen LogP contribution in [0.1, 0.15) is 136 Å². The van der Waals surface area contributed by atoms with E-state index in [1.165, 1.54) is 42.7 Å². The lowest BCUT2D eigenvalue weighted by atomic mass is 9.98. The predicted molar refractivity (Wildman–Crippen MR) is 442 cm³/mol. The van der Waals surface area contributed by atoms with Gasteiger partial charge >= 0.3 is 12.4 Å². The Bertz CT molecular complexity index is 5520. The quantitative estimate of drug-likeness (QED) is 0.0968. The van der Waals surface area contributed by atoms with E-state index in [4.69, 9.17) is 0 Å². The summed E-state index contributed by atoms with van der Waals surface area (Å²) in [4.78, 5) is 95.4. The first kappa shape index (κ1) is 91.0. The average Bonchev–Trinajstić information content (AvgIpc) is 1.76. The van der Waals surface area contributed by atoms with Gasteiger partial charge in [0.25, 0.3) is 0 Å². The Morgan fingerprint density at radius 1 is 0.350 bits per heavy atom. The van der Waals surface area contributed by atoms with Crippen molar-refractivity contribution in [2.45, 2.75) is 114 Å². The van der Waals surface area contributed by atoms with Crippen molar-refractivity contribution in [3.05, 3.63) is 147 Å². The molecule has 47 heteroatoms. The molecule has 28 nitrogen and oxygen atoms in total. The first-order valence-corrected chi connectivity index (χ1v) is 51.1. The molecule has 4 unspecified atom stereocenters. The lowest BCUT2D eigenvalue weighted by Gasteiger charge is -2.42. The number of aryl methyl sites for hydroxylation is 1. The fourth-order valence-electron chi connectivity index (χ4n) is 16.2. The number of halogens is 10. The van der Waals surface area contributed by atoms with Crippen molar-refractivity contribution in [3.63, 3.8) is 0 Å². The van der Waals surface area contributed by atoms with E-state index in [2.05, 4.69) is 40.1 Å². The molecule has 4 atom stereocenters. The number of anilines is 4. The van der Waals surface area contributed by atoms with Gasteiger partial charge in [-0.2, -0.15) is 43.9 Å². The predicted octanol–water partition coefficient (Wildman–Crippen LogP) is 10.9. The molecule has 0 aromatic carbocycles. The number of thiophene rings is 4. The third kappa shape index (κ3) is 22.8. The summed E-state index contributed by atoms with van der Waals surface area (Å²) >= 11 is 4.28. The van der Waals surface area contributed by atoms with Crippen LogP contribution in [0, 0.1) is 51.1 Å². The van der Waals surface area contributed by atoms with Crippen molar-refractivity contribution in [2.75, 3.05) is 144 Å². The molecule has 123 heavy (non-hydrogen) atoms. The zero-order valence-electron chi connectivity index (χ0n) is 66.0. The van der Waals surface area contributed by atoms with Crippen molar-refractivity contribution in [1.29, 1.82) is 0 Å². The van der Waals surface area contributed by atoms with Crippen molar-refractivity contribution in [1.82, 2.24) is 59.7 Å². The zero-order valence-corrected chi connectivity index (χ0v) is 73.3. The van der Waals surface area contributed by atoms with E-state index in [9.17, 15) is 96.8 Å². The molecule has 8 aliphatic heterocycles. The van der Waals surface area contributed by atoms with Crippen LogP contribution < -0.4 is 19.6 Å². The van der Waals surface area contributed by atoms with Crippen LogP contribution in [0.25, 0.3) is 0 Å². The SMILES string of the molecule is Cc1cnc(N2CCN(C(=O)C3CCS(=O)(=O)CC3)C(c3ccc(F)s3)C2)nc1.O=C(C1CCS(=O)(=O)CC1)N1CCN(c2ncc(C(F)(F)F)cn2)CC1c1ccc(F)s1.O=C(C1CCS(=O)(=O)CC1)N1CCN(c2ncc(C3CC3)cn2)CC1c1ccc(F)s1.O=C(C1CCS(=O)(=O)CC1)N1CCN(c2nnc(C(F)(F)F)s2)CC1c1ccc(F)s1. The number of amides is 4. The second kappa shape index (κ2) is 37.8. The first-order chi connectivity index (χ1) is 58.3. The van der Waals surface area contributed by atoms with Gasteiger partial charge in [-0.3, -0.25) is 19.2 Å². The molecular weight excluding hydrogens is 1810 g/mol. The van der Waals surface area contributed by atoms with E-state index in [-0.39, 0.29) is 180 Å². The van der Waals surface area contributed by atoms with Crippen LogP contribution >= 0.6 is 56.7 Å². The molecule has 8 aromatic rings. The average molecular weight is 1890 g/mol. The summed E-state index contributed by atoms with van der Waals surface area (Å²) in [6, 6.07) is 10.3.